The Labute approximate surface area is 104 Å². The molecule has 3 N–H and O–H groups in total. The zero-order chi connectivity index (χ0) is 12.1. The van der Waals surface area contributed by atoms with E-state index in [2.05, 4.69) is 10.3 Å². The van der Waals surface area contributed by atoms with Crippen LogP contribution >= 0.6 is 0 Å². The zero-order valence-corrected chi connectivity index (χ0v) is 10.7. The number of nitrogens with one attached hydrogen (secondary N) is 1. The molecule has 0 atom stereocenters. The second-order valence-electron chi connectivity index (χ2n) is 5.55. The van der Waals surface area contributed by atoms with E-state index in [1.807, 2.05) is 0 Å². The number of carbonyl (C=O) groups excluding carboxylic acids is 1. The molecule has 17 heavy (non-hydrogen) atoms. The van der Waals surface area contributed by atoms with Crippen molar-refractivity contribution in [2.75, 3.05) is 13.1 Å². The fourth-order valence-electron chi connectivity index (χ4n) is 2.34. The highest BCUT2D eigenvalue weighted by Crippen LogP contribution is 2.34. The molecule has 2 aliphatic carbocycles. The highest BCUT2D eigenvalue weighted by Gasteiger charge is 2.32. The van der Waals surface area contributed by atoms with Crippen molar-refractivity contribution in [2.45, 2.75) is 57.4 Å². The molecule has 0 saturated heterocycles. The minimum Gasteiger partial charge on any atom is -0.300 e. The third-order valence-corrected chi connectivity index (χ3v) is 3.76. The molecule has 4 nitrogen and oxygen atoms in total. The summed E-state index contributed by atoms with van der Waals surface area (Å²) in [4.78, 5) is 13.6. The lowest BCUT2D eigenvalue weighted by Gasteiger charge is -2.21. The molecular weight excluding hydrogens is 214 g/mol. The van der Waals surface area contributed by atoms with Crippen LogP contribution in [0.25, 0.3) is 0 Å². The number of hydrogen-bond acceptors (Lipinski definition) is 3. The second kappa shape index (κ2) is 6.36. The van der Waals surface area contributed by atoms with Crippen LogP contribution in [0.3, 0.4) is 0 Å². The zero-order valence-electron chi connectivity index (χ0n) is 10.7. The molecule has 0 aromatic heterocycles. The molecule has 0 aromatic rings. The molecule has 0 radical (unpaired) electrons. The van der Waals surface area contributed by atoms with Crippen LogP contribution in [0.5, 0.6) is 0 Å². The van der Waals surface area contributed by atoms with Crippen LogP contribution in [0.15, 0.2) is 0 Å². The fourth-order valence-corrected chi connectivity index (χ4v) is 2.34. The van der Waals surface area contributed by atoms with Gasteiger partial charge in [0.2, 0.25) is 5.91 Å². The third-order valence-electron chi connectivity index (χ3n) is 3.76. The van der Waals surface area contributed by atoms with E-state index in [0.717, 1.165) is 24.8 Å². The maximum Gasteiger partial charge on any atom is 0.233 e. The molecular formula is C13H25N3O. The number of hydrazine groups is 1. The van der Waals surface area contributed by atoms with E-state index >= 15 is 0 Å². The summed E-state index contributed by atoms with van der Waals surface area (Å²) < 4.78 is 0. The molecule has 0 spiro atoms. The molecule has 4 heteroatoms. The molecule has 2 aliphatic rings. The van der Waals surface area contributed by atoms with E-state index in [9.17, 15) is 4.79 Å². The van der Waals surface area contributed by atoms with E-state index in [1.54, 1.807) is 0 Å². The Hall–Kier alpha value is -0.610. The Balaban J connectivity index is 1.51. The van der Waals surface area contributed by atoms with Gasteiger partial charge in [0.05, 0.1) is 0 Å². The Kier molecular flexibility index (Phi) is 4.80. The predicted octanol–water partition coefficient (Wildman–Crippen LogP) is 1.41. The number of carbonyl (C=O) groups is 1. The van der Waals surface area contributed by atoms with Crippen molar-refractivity contribution >= 4 is 5.91 Å². The fraction of sp³-hybridized carbons (Fsp3) is 0.923. The first kappa shape index (κ1) is 12.8. The van der Waals surface area contributed by atoms with Crippen molar-refractivity contribution in [3.05, 3.63) is 0 Å². The van der Waals surface area contributed by atoms with Gasteiger partial charge in [0.15, 0.2) is 0 Å². The van der Waals surface area contributed by atoms with E-state index in [-0.39, 0.29) is 5.91 Å². The average Bonchev–Trinajstić information content (AvgIpc) is 3.17. The number of rotatable bonds is 9. The minimum atomic E-state index is -0.0398. The van der Waals surface area contributed by atoms with E-state index < -0.39 is 0 Å². The predicted molar refractivity (Wildman–Crippen MR) is 68.1 cm³/mol. The number of nitrogens with zero attached hydrogens (tertiary/aromatic N) is 1. The number of unbranched alkanes of at least 4 members (excludes halogenated alkanes) is 2. The summed E-state index contributed by atoms with van der Waals surface area (Å²) in [5.41, 5.74) is 2.18. The van der Waals surface area contributed by atoms with E-state index in [1.165, 1.54) is 45.2 Å². The molecule has 0 unspecified atom stereocenters. The molecule has 98 valence electrons. The molecule has 0 heterocycles. The van der Waals surface area contributed by atoms with Crippen molar-refractivity contribution in [2.24, 2.45) is 11.8 Å². The average molecular weight is 239 g/mol. The van der Waals surface area contributed by atoms with Gasteiger partial charge >= 0.3 is 0 Å². The standard InChI is InChI=1S/C13H25N3O/c14-15-13(17)4-2-1-3-9-16(12-7-8-12)10-11-5-6-11/h11-12H,1-10,14H2,(H,15,17). The summed E-state index contributed by atoms with van der Waals surface area (Å²) in [6.45, 7) is 2.55. The largest absolute Gasteiger partial charge is 0.300 e. The van der Waals surface area contributed by atoms with Crippen molar-refractivity contribution in [3.63, 3.8) is 0 Å². The second-order valence-corrected chi connectivity index (χ2v) is 5.55. The minimum absolute atomic E-state index is 0.0398. The van der Waals surface area contributed by atoms with Crippen LogP contribution in [-0.2, 0) is 4.79 Å². The van der Waals surface area contributed by atoms with Crippen molar-refractivity contribution in [1.29, 1.82) is 0 Å². The summed E-state index contributed by atoms with van der Waals surface area (Å²) in [5, 5.41) is 0. The molecule has 2 saturated carbocycles. The normalized spacial score (nSPS) is 19.6. The first-order chi connectivity index (χ1) is 8.29. The van der Waals surface area contributed by atoms with Gasteiger partial charge in [-0.05, 0) is 51.0 Å². The number of amides is 1. The van der Waals surface area contributed by atoms with Crippen LogP contribution < -0.4 is 11.3 Å². The Morgan fingerprint density at radius 3 is 2.53 bits per heavy atom. The van der Waals surface area contributed by atoms with Gasteiger partial charge in [-0.1, -0.05) is 6.42 Å². The van der Waals surface area contributed by atoms with Gasteiger partial charge in [-0.15, -0.1) is 0 Å². The summed E-state index contributed by atoms with van der Waals surface area (Å²) in [7, 11) is 0. The van der Waals surface area contributed by atoms with Crippen LogP contribution in [0.2, 0.25) is 0 Å². The Morgan fingerprint density at radius 1 is 1.18 bits per heavy atom. The lowest BCUT2D eigenvalue weighted by atomic mass is 10.1. The Morgan fingerprint density at radius 2 is 1.94 bits per heavy atom. The molecule has 2 fully saturated rings. The highest BCUT2D eigenvalue weighted by molar-refractivity contribution is 5.74. The molecule has 2 rings (SSSR count). The van der Waals surface area contributed by atoms with E-state index in [0.29, 0.717) is 6.42 Å². The summed E-state index contributed by atoms with van der Waals surface area (Å²) in [6.07, 6.45) is 9.60. The van der Waals surface area contributed by atoms with Crippen LogP contribution in [0, 0.1) is 5.92 Å². The number of hydrogen-bond donors (Lipinski definition) is 2. The summed E-state index contributed by atoms with van der Waals surface area (Å²) >= 11 is 0. The lowest BCUT2D eigenvalue weighted by molar-refractivity contribution is -0.121. The molecule has 0 bridgehead atoms. The van der Waals surface area contributed by atoms with Gasteiger partial charge in [0.25, 0.3) is 0 Å². The highest BCUT2D eigenvalue weighted by atomic mass is 16.2. The lowest BCUT2D eigenvalue weighted by Crippen LogP contribution is -2.30. The first-order valence-electron chi connectivity index (χ1n) is 7.03. The smallest absolute Gasteiger partial charge is 0.233 e. The number of nitrogens with two attached hydrogens (primary N) is 1. The van der Waals surface area contributed by atoms with Crippen molar-refractivity contribution in [1.82, 2.24) is 10.3 Å². The van der Waals surface area contributed by atoms with Gasteiger partial charge in [0, 0.05) is 19.0 Å². The maximum atomic E-state index is 10.9. The van der Waals surface area contributed by atoms with Crippen molar-refractivity contribution in [3.8, 4) is 0 Å². The van der Waals surface area contributed by atoms with E-state index in [4.69, 9.17) is 5.84 Å². The molecule has 1 amide bonds. The van der Waals surface area contributed by atoms with Crippen molar-refractivity contribution < 1.29 is 4.79 Å². The van der Waals surface area contributed by atoms with Gasteiger partial charge in [-0.2, -0.15) is 0 Å². The van der Waals surface area contributed by atoms with Gasteiger partial charge in [0.1, 0.15) is 0 Å². The monoisotopic (exact) mass is 239 g/mol. The summed E-state index contributed by atoms with van der Waals surface area (Å²) in [6, 6.07) is 0.892. The molecule has 0 aliphatic heterocycles. The van der Waals surface area contributed by atoms with Gasteiger partial charge < -0.3 is 4.90 Å². The Bertz CT molecular complexity index is 249. The van der Waals surface area contributed by atoms with Gasteiger partial charge in [-0.25, -0.2) is 5.84 Å². The maximum absolute atomic E-state index is 10.9. The quantitative estimate of drug-likeness (QED) is 0.277. The van der Waals surface area contributed by atoms with Crippen LogP contribution in [0.1, 0.15) is 51.4 Å². The SMILES string of the molecule is NNC(=O)CCCCCN(CC1CC1)C1CC1. The van der Waals surface area contributed by atoms with Gasteiger partial charge in [-0.3, -0.25) is 10.2 Å². The van der Waals surface area contributed by atoms with Crippen LogP contribution in [-0.4, -0.2) is 29.9 Å². The topological polar surface area (TPSA) is 58.4 Å². The first-order valence-corrected chi connectivity index (χ1v) is 7.03. The third kappa shape index (κ3) is 5.04. The molecule has 0 aromatic carbocycles. The summed E-state index contributed by atoms with van der Waals surface area (Å²) in [5.74, 6) is 6.00. The van der Waals surface area contributed by atoms with Crippen LogP contribution in [0.4, 0.5) is 0 Å².